The Morgan fingerprint density at radius 3 is 1.80 bits per heavy atom. The van der Waals surface area contributed by atoms with E-state index in [1.165, 1.54) is 0 Å². The molecule has 0 rings (SSSR count). The summed E-state index contributed by atoms with van der Waals surface area (Å²) in [5.74, 6) is 1.66. The number of hydrogen-bond acceptors (Lipinski definition) is 5. The zero-order valence-electron chi connectivity index (χ0n) is 8.76. The van der Waals surface area contributed by atoms with E-state index in [1.807, 2.05) is 0 Å². The van der Waals surface area contributed by atoms with Gasteiger partial charge in [-0.1, -0.05) is 0 Å². The summed E-state index contributed by atoms with van der Waals surface area (Å²) in [7, 11) is 0. The Kier molecular flexibility index (Phi) is 19.3. The van der Waals surface area contributed by atoms with E-state index in [0.717, 1.165) is 24.3 Å². The van der Waals surface area contributed by atoms with Crippen molar-refractivity contribution in [1.82, 2.24) is 0 Å². The SMILES string of the molecule is O=C(O)CCS.OCCCSCCCO. The van der Waals surface area contributed by atoms with Gasteiger partial charge in [0.25, 0.3) is 0 Å². The average molecular weight is 256 g/mol. The van der Waals surface area contributed by atoms with Crippen molar-refractivity contribution in [3.05, 3.63) is 0 Å². The summed E-state index contributed by atoms with van der Waals surface area (Å²) >= 11 is 5.46. The van der Waals surface area contributed by atoms with Crippen LogP contribution < -0.4 is 0 Å². The van der Waals surface area contributed by atoms with Gasteiger partial charge < -0.3 is 15.3 Å². The molecule has 0 spiro atoms. The van der Waals surface area contributed by atoms with E-state index < -0.39 is 5.97 Å². The fraction of sp³-hybridized carbons (Fsp3) is 0.889. The number of aliphatic hydroxyl groups excluding tert-OH is 2. The molecule has 15 heavy (non-hydrogen) atoms. The maximum Gasteiger partial charge on any atom is 0.304 e. The lowest BCUT2D eigenvalue weighted by molar-refractivity contribution is -0.136. The van der Waals surface area contributed by atoms with Crippen LogP contribution in [0.4, 0.5) is 0 Å². The lowest BCUT2D eigenvalue weighted by atomic mass is 10.5. The molecule has 0 aromatic rings. The summed E-state index contributed by atoms with van der Waals surface area (Å²) in [6, 6.07) is 0. The molecule has 0 bridgehead atoms. The summed E-state index contributed by atoms with van der Waals surface area (Å²) in [5.41, 5.74) is 0. The van der Waals surface area contributed by atoms with Gasteiger partial charge in [0.05, 0.1) is 6.42 Å². The highest BCUT2D eigenvalue weighted by atomic mass is 32.2. The molecule has 3 N–H and O–H groups in total. The minimum absolute atomic E-state index is 0.156. The maximum absolute atomic E-state index is 9.55. The zero-order chi connectivity index (χ0) is 11.9. The summed E-state index contributed by atoms with van der Waals surface area (Å²) in [5, 5.41) is 24.6. The highest BCUT2D eigenvalue weighted by Crippen LogP contribution is 2.02. The van der Waals surface area contributed by atoms with Gasteiger partial charge in [0.1, 0.15) is 0 Å². The van der Waals surface area contributed by atoms with Crippen LogP contribution in [0, 0.1) is 0 Å². The molecule has 0 amide bonds. The molecule has 0 aliphatic carbocycles. The largest absolute Gasteiger partial charge is 0.481 e. The molecule has 0 atom stereocenters. The molecule has 0 aromatic carbocycles. The van der Waals surface area contributed by atoms with Crippen molar-refractivity contribution in [3.8, 4) is 0 Å². The molecule has 0 unspecified atom stereocenters. The van der Waals surface area contributed by atoms with Gasteiger partial charge in [-0.2, -0.15) is 24.4 Å². The van der Waals surface area contributed by atoms with Crippen molar-refractivity contribution in [1.29, 1.82) is 0 Å². The summed E-state index contributed by atoms with van der Waals surface area (Å²) in [4.78, 5) is 9.55. The number of thioether (sulfide) groups is 1. The Morgan fingerprint density at radius 2 is 1.60 bits per heavy atom. The first-order chi connectivity index (χ1) is 7.18. The van der Waals surface area contributed by atoms with Crippen LogP contribution in [-0.2, 0) is 4.79 Å². The van der Waals surface area contributed by atoms with E-state index in [-0.39, 0.29) is 19.6 Å². The Bertz CT molecular complexity index is 127. The van der Waals surface area contributed by atoms with Crippen molar-refractivity contribution in [2.45, 2.75) is 19.3 Å². The van der Waals surface area contributed by atoms with Crippen LogP contribution in [0.3, 0.4) is 0 Å². The number of rotatable bonds is 8. The van der Waals surface area contributed by atoms with E-state index in [9.17, 15) is 4.79 Å². The molecular formula is C9H20O4S2. The van der Waals surface area contributed by atoms with Crippen LogP contribution >= 0.6 is 24.4 Å². The standard InChI is InChI=1S/C6H14O2S.C3H6O2S/c7-3-1-5-9-6-2-4-8;4-3(5)1-2-6/h7-8H,1-6H2;6H,1-2H2,(H,4,5). The maximum atomic E-state index is 9.55. The number of thiol groups is 1. The second-order valence-electron chi connectivity index (χ2n) is 2.63. The molecule has 0 aliphatic heterocycles. The normalized spacial score (nSPS) is 9.27. The highest BCUT2D eigenvalue weighted by Gasteiger charge is 1.88. The van der Waals surface area contributed by atoms with E-state index in [1.54, 1.807) is 11.8 Å². The molecule has 0 aromatic heterocycles. The minimum atomic E-state index is -0.787. The predicted octanol–water partition coefficient (Wildman–Crippen LogP) is 0.875. The van der Waals surface area contributed by atoms with Gasteiger partial charge in [-0.25, -0.2) is 0 Å². The molecule has 0 heterocycles. The Labute approximate surface area is 100 Å². The van der Waals surface area contributed by atoms with Gasteiger partial charge in [0, 0.05) is 19.0 Å². The monoisotopic (exact) mass is 256 g/mol. The van der Waals surface area contributed by atoms with E-state index in [2.05, 4.69) is 12.6 Å². The number of carboxylic acids is 1. The number of carboxylic acid groups (broad SMARTS) is 1. The summed E-state index contributed by atoms with van der Waals surface area (Å²) in [6.45, 7) is 0.568. The second kappa shape index (κ2) is 16.5. The summed E-state index contributed by atoms with van der Waals surface area (Å²) < 4.78 is 0. The first kappa shape index (κ1) is 17.5. The van der Waals surface area contributed by atoms with Gasteiger partial charge in [-0.3, -0.25) is 4.79 Å². The Hall–Kier alpha value is 0.0900. The average Bonchev–Trinajstić information content (AvgIpc) is 2.18. The molecular weight excluding hydrogens is 236 g/mol. The summed E-state index contributed by atoms with van der Waals surface area (Å²) in [6.07, 6.45) is 1.90. The third-order valence-corrected chi connectivity index (χ3v) is 2.60. The molecule has 4 nitrogen and oxygen atoms in total. The van der Waals surface area contributed by atoms with Crippen LogP contribution in [-0.4, -0.2) is 51.8 Å². The molecule has 6 heteroatoms. The molecule has 0 fully saturated rings. The first-order valence-electron chi connectivity index (χ1n) is 4.81. The zero-order valence-corrected chi connectivity index (χ0v) is 10.5. The molecule has 0 radical (unpaired) electrons. The van der Waals surface area contributed by atoms with E-state index in [4.69, 9.17) is 15.3 Å². The van der Waals surface area contributed by atoms with Gasteiger partial charge in [-0.05, 0) is 24.3 Å². The molecule has 0 saturated carbocycles. The third kappa shape index (κ3) is 24.9. The fourth-order valence-electron chi connectivity index (χ4n) is 0.531. The van der Waals surface area contributed by atoms with Crippen LogP contribution in [0.25, 0.3) is 0 Å². The van der Waals surface area contributed by atoms with Crippen molar-refractivity contribution in [2.24, 2.45) is 0 Å². The number of carbonyl (C=O) groups is 1. The number of aliphatic carboxylic acids is 1. The van der Waals surface area contributed by atoms with Gasteiger partial charge in [0.15, 0.2) is 0 Å². The Balaban J connectivity index is 0. The van der Waals surface area contributed by atoms with E-state index in [0.29, 0.717) is 5.75 Å². The van der Waals surface area contributed by atoms with Crippen molar-refractivity contribution >= 4 is 30.4 Å². The molecule has 0 saturated heterocycles. The molecule has 0 aliphatic rings. The van der Waals surface area contributed by atoms with E-state index >= 15 is 0 Å². The lowest BCUT2D eigenvalue weighted by Crippen LogP contribution is -1.93. The second-order valence-corrected chi connectivity index (χ2v) is 4.31. The predicted molar refractivity (Wildman–Crippen MR) is 66.8 cm³/mol. The van der Waals surface area contributed by atoms with Crippen LogP contribution in [0.1, 0.15) is 19.3 Å². The van der Waals surface area contributed by atoms with Crippen LogP contribution in [0.5, 0.6) is 0 Å². The number of aliphatic hydroxyl groups is 2. The fourth-order valence-corrected chi connectivity index (χ4v) is 1.59. The van der Waals surface area contributed by atoms with Crippen molar-refractivity contribution in [2.75, 3.05) is 30.5 Å². The Morgan fingerprint density at radius 1 is 1.13 bits per heavy atom. The third-order valence-electron chi connectivity index (χ3n) is 1.22. The van der Waals surface area contributed by atoms with Crippen molar-refractivity contribution < 1.29 is 20.1 Å². The lowest BCUT2D eigenvalue weighted by Gasteiger charge is -1.95. The highest BCUT2D eigenvalue weighted by molar-refractivity contribution is 7.99. The first-order valence-corrected chi connectivity index (χ1v) is 6.59. The van der Waals surface area contributed by atoms with Gasteiger partial charge in [0.2, 0.25) is 0 Å². The number of hydrogen-bond donors (Lipinski definition) is 4. The molecule has 92 valence electrons. The van der Waals surface area contributed by atoms with Crippen molar-refractivity contribution in [3.63, 3.8) is 0 Å². The van der Waals surface area contributed by atoms with Gasteiger partial charge in [-0.15, -0.1) is 0 Å². The van der Waals surface area contributed by atoms with Gasteiger partial charge >= 0.3 is 5.97 Å². The smallest absolute Gasteiger partial charge is 0.304 e. The van der Waals surface area contributed by atoms with Crippen LogP contribution in [0.2, 0.25) is 0 Å². The quantitative estimate of drug-likeness (QED) is 0.383. The minimum Gasteiger partial charge on any atom is -0.481 e. The van der Waals surface area contributed by atoms with Crippen LogP contribution in [0.15, 0.2) is 0 Å². The topological polar surface area (TPSA) is 77.8 Å².